The zero-order valence-corrected chi connectivity index (χ0v) is 4.29. The summed E-state index contributed by atoms with van der Waals surface area (Å²) in [6.07, 6.45) is 0.672. The monoisotopic (exact) mass is 110 g/mol. The van der Waals surface area contributed by atoms with Gasteiger partial charge >= 0.3 is 0 Å². The van der Waals surface area contributed by atoms with E-state index in [9.17, 15) is 4.79 Å². The lowest BCUT2D eigenvalue weighted by molar-refractivity contribution is -0.119. The van der Waals surface area contributed by atoms with Crippen molar-refractivity contribution >= 4 is 5.91 Å². The fraction of sp³-hybridized carbons (Fsp3) is 0.600. The number of carbonyl (C=O) groups is 1. The molecule has 1 amide bonds. The molecule has 1 aliphatic carbocycles. The number of amides is 1. The number of nitriles is 1. The molecule has 0 bridgehead atoms. The molecule has 2 atom stereocenters. The quantitative estimate of drug-likeness (QED) is 0.500. The van der Waals surface area contributed by atoms with E-state index < -0.39 is 0 Å². The molecule has 1 rings (SSSR count). The summed E-state index contributed by atoms with van der Waals surface area (Å²) < 4.78 is 0. The Kier molecular flexibility index (Phi) is 0.943. The van der Waals surface area contributed by atoms with E-state index in [1.54, 1.807) is 0 Å². The van der Waals surface area contributed by atoms with Crippen LogP contribution in [-0.2, 0) is 4.79 Å². The maximum atomic E-state index is 10.2. The Bertz CT molecular complexity index is 158. The average Bonchev–Trinajstić information content (AvgIpc) is 2.42. The molecule has 0 spiro atoms. The lowest BCUT2D eigenvalue weighted by Gasteiger charge is -1.80. The molecule has 2 unspecified atom stereocenters. The molecule has 0 aliphatic heterocycles. The highest BCUT2D eigenvalue weighted by molar-refractivity contribution is 5.80. The van der Waals surface area contributed by atoms with Crippen LogP contribution < -0.4 is 5.73 Å². The van der Waals surface area contributed by atoms with Crippen LogP contribution >= 0.6 is 0 Å². The van der Waals surface area contributed by atoms with Gasteiger partial charge in [0.1, 0.15) is 0 Å². The Morgan fingerprint density at radius 1 is 1.88 bits per heavy atom. The molecule has 1 fully saturated rings. The van der Waals surface area contributed by atoms with Crippen LogP contribution in [0.3, 0.4) is 0 Å². The summed E-state index contributed by atoms with van der Waals surface area (Å²) in [7, 11) is 0. The zero-order valence-electron chi connectivity index (χ0n) is 4.29. The van der Waals surface area contributed by atoms with E-state index in [4.69, 9.17) is 11.0 Å². The van der Waals surface area contributed by atoms with Gasteiger partial charge in [-0.25, -0.2) is 0 Å². The second-order valence-corrected chi connectivity index (χ2v) is 1.98. The Hall–Kier alpha value is -1.04. The second-order valence-electron chi connectivity index (χ2n) is 1.98. The Morgan fingerprint density at radius 3 is 2.62 bits per heavy atom. The lowest BCUT2D eigenvalue weighted by atomic mass is 10.3. The number of primary amides is 1. The third-order valence-electron chi connectivity index (χ3n) is 1.32. The first-order valence-corrected chi connectivity index (χ1v) is 2.44. The minimum absolute atomic E-state index is 0.0764. The molecular formula is C5H6N2O. The van der Waals surface area contributed by atoms with E-state index in [0.717, 1.165) is 0 Å². The fourth-order valence-electron chi connectivity index (χ4n) is 0.652. The second kappa shape index (κ2) is 1.48. The maximum Gasteiger partial charge on any atom is 0.221 e. The van der Waals surface area contributed by atoms with E-state index in [-0.39, 0.29) is 17.7 Å². The number of rotatable bonds is 1. The highest BCUT2D eigenvalue weighted by Crippen LogP contribution is 2.36. The van der Waals surface area contributed by atoms with Crippen LogP contribution in [0.4, 0.5) is 0 Å². The molecule has 2 N–H and O–H groups in total. The smallest absolute Gasteiger partial charge is 0.221 e. The van der Waals surface area contributed by atoms with Crippen LogP contribution in [0.5, 0.6) is 0 Å². The van der Waals surface area contributed by atoms with Crippen molar-refractivity contribution in [2.24, 2.45) is 17.6 Å². The Labute approximate surface area is 47.1 Å². The van der Waals surface area contributed by atoms with Crippen molar-refractivity contribution < 1.29 is 4.79 Å². The van der Waals surface area contributed by atoms with Gasteiger partial charge < -0.3 is 5.73 Å². The normalized spacial score (nSPS) is 33.4. The van der Waals surface area contributed by atoms with Crippen LogP contribution in [-0.4, -0.2) is 5.91 Å². The molecule has 0 radical (unpaired) electrons. The predicted molar refractivity (Wildman–Crippen MR) is 26.4 cm³/mol. The summed E-state index contributed by atoms with van der Waals surface area (Å²) >= 11 is 0. The summed E-state index contributed by atoms with van der Waals surface area (Å²) in [6, 6.07) is 1.97. The SMILES string of the molecule is N#CC1CC1C(N)=O. The van der Waals surface area contributed by atoms with Gasteiger partial charge in [-0.3, -0.25) is 4.79 Å². The molecule has 0 aromatic carbocycles. The first kappa shape index (κ1) is 5.10. The molecule has 0 aromatic rings. The van der Waals surface area contributed by atoms with Crippen LogP contribution in [0.25, 0.3) is 0 Å². The highest BCUT2D eigenvalue weighted by atomic mass is 16.1. The lowest BCUT2D eigenvalue weighted by Crippen LogP contribution is -2.13. The van der Waals surface area contributed by atoms with Gasteiger partial charge in [0.25, 0.3) is 0 Å². The molecule has 3 heteroatoms. The van der Waals surface area contributed by atoms with Crippen molar-refractivity contribution in [3.05, 3.63) is 0 Å². The van der Waals surface area contributed by atoms with Gasteiger partial charge in [-0.15, -0.1) is 0 Å². The van der Waals surface area contributed by atoms with Crippen molar-refractivity contribution in [3.8, 4) is 6.07 Å². The van der Waals surface area contributed by atoms with Crippen molar-refractivity contribution in [1.82, 2.24) is 0 Å². The fourth-order valence-corrected chi connectivity index (χ4v) is 0.652. The molecule has 3 nitrogen and oxygen atoms in total. The van der Waals surface area contributed by atoms with E-state index in [1.807, 2.05) is 6.07 Å². The number of hydrogen-bond donors (Lipinski definition) is 1. The third-order valence-corrected chi connectivity index (χ3v) is 1.32. The Balaban J connectivity index is 2.40. The first-order chi connectivity index (χ1) is 3.75. The molecule has 0 saturated heterocycles. The highest BCUT2D eigenvalue weighted by Gasteiger charge is 2.41. The number of nitrogens with two attached hydrogens (primary N) is 1. The van der Waals surface area contributed by atoms with Crippen LogP contribution in [0.1, 0.15) is 6.42 Å². The maximum absolute atomic E-state index is 10.2. The van der Waals surface area contributed by atoms with Crippen LogP contribution in [0.2, 0.25) is 0 Å². The average molecular weight is 110 g/mol. The van der Waals surface area contributed by atoms with E-state index in [2.05, 4.69) is 0 Å². The largest absolute Gasteiger partial charge is 0.369 e. The number of nitrogens with zero attached hydrogens (tertiary/aromatic N) is 1. The van der Waals surface area contributed by atoms with Gasteiger partial charge in [0.15, 0.2) is 0 Å². The van der Waals surface area contributed by atoms with Gasteiger partial charge in [0, 0.05) is 0 Å². The van der Waals surface area contributed by atoms with Crippen molar-refractivity contribution in [1.29, 1.82) is 5.26 Å². The predicted octanol–water partition coefficient (Wildman–Crippen LogP) is -0.369. The molecule has 42 valence electrons. The van der Waals surface area contributed by atoms with Crippen molar-refractivity contribution in [3.63, 3.8) is 0 Å². The topological polar surface area (TPSA) is 66.9 Å². The zero-order chi connectivity index (χ0) is 6.15. The standard InChI is InChI=1S/C5H6N2O/c6-2-3-1-4(3)5(7)8/h3-4H,1H2,(H2,7,8). The van der Waals surface area contributed by atoms with E-state index >= 15 is 0 Å². The van der Waals surface area contributed by atoms with Crippen LogP contribution in [0.15, 0.2) is 0 Å². The summed E-state index contributed by atoms with van der Waals surface area (Å²) in [4.78, 5) is 10.2. The summed E-state index contributed by atoms with van der Waals surface area (Å²) in [5, 5.41) is 8.17. The van der Waals surface area contributed by atoms with Gasteiger partial charge in [0.2, 0.25) is 5.91 Å². The van der Waals surface area contributed by atoms with E-state index in [1.165, 1.54) is 0 Å². The third kappa shape index (κ3) is 0.648. The molecule has 8 heavy (non-hydrogen) atoms. The number of hydrogen-bond acceptors (Lipinski definition) is 2. The summed E-state index contributed by atoms with van der Waals surface area (Å²) in [5.74, 6) is -0.552. The molecular weight excluding hydrogens is 104 g/mol. The summed E-state index contributed by atoms with van der Waals surface area (Å²) in [5.41, 5.74) is 4.87. The molecule has 0 aromatic heterocycles. The molecule has 1 saturated carbocycles. The molecule has 1 aliphatic rings. The van der Waals surface area contributed by atoms with Gasteiger partial charge in [-0.05, 0) is 6.42 Å². The minimum atomic E-state index is -0.337. The Morgan fingerprint density at radius 2 is 2.50 bits per heavy atom. The van der Waals surface area contributed by atoms with Gasteiger partial charge in [-0.1, -0.05) is 0 Å². The van der Waals surface area contributed by atoms with Gasteiger partial charge in [0.05, 0.1) is 17.9 Å². The van der Waals surface area contributed by atoms with Crippen molar-refractivity contribution in [2.45, 2.75) is 6.42 Å². The minimum Gasteiger partial charge on any atom is -0.369 e. The van der Waals surface area contributed by atoms with Crippen molar-refractivity contribution in [2.75, 3.05) is 0 Å². The number of carbonyl (C=O) groups excluding carboxylic acids is 1. The first-order valence-electron chi connectivity index (χ1n) is 2.44. The van der Waals surface area contributed by atoms with E-state index in [0.29, 0.717) is 6.42 Å². The summed E-state index contributed by atoms with van der Waals surface area (Å²) in [6.45, 7) is 0. The molecule has 0 heterocycles. The van der Waals surface area contributed by atoms with Crippen LogP contribution in [0, 0.1) is 23.2 Å². The van der Waals surface area contributed by atoms with Gasteiger partial charge in [-0.2, -0.15) is 5.26 Å².